The second kappa shape index (κ2) is 2.50. The molecule has 1 heterocycles. The smallest absolute Gasteiger partial charge is 0.364 e. The van der Waals surface area contributed by atoms with Gasteiger partial charge in [0.1, 0.15) is 0 Å². The van der Waals surface area contributed by atoms with Crippen LogP contribution >= 0.6 is 0 Å². The van der Waals surface area contributed by atoms with Gasteiger partial charge in [0.2, 0.25) is 0 Å². The van der Waals surface area contributed by atoms with Crippen molar-refractivity contribution < 1.29 is 19.4 Å². The molecule has 0 amide bonds. The first-order valence-corrected chi connectivity index (χ1v) is 3.30. The Kier molecular flexibility index (Phi) is 1.82. The predicted molar refractivity (Wildman–Crippen MR) is 34.7 cm³/mol. The molecule has 3 N–H and O–H groups in total. The number of hydrogen-bond donors (Lipinski definition) is 2. The number of epoxide rings is 1. The van der Waals surface area contributed by atoms with Crippen LogP contribution in [0.15, 0.2) is 0 Å². The highest BCUT2D eigenvalue weighted by atomic mass is 16.7. The van der Waals surface area contributed by atoms with E-state index in [4.69, 9.17) is 10.8 Å². The van der Waals surface area contributed by atoms with Gasteiger partial charge in [-0.2, -0.15) is 0 Å². The minimum absolute atomic E-state index is 0.178. The van der Waals surface area contributed by atoms with Gasteiger partial charge in [-0.1, -0.05) is 0 Å². The summed E-state index contributed by atoms with van der Waals surface area (Å²) < 4.78 is 4.37. The minimum atomic E-state index is -1.54. The van der Waals surface area contributed by atoms with Crippen LogP contribution < -0.4 is 5.73 Å². The maximum atomic E-state index is 10.5. The van der Waals surface area contributed by atoms with Crippen LogP contribution in [0.5, 0.6) is 0 Å². The van der Waals surface area contributed by atoms with Crippen LogP contribution in [0.2, 0.25) is 0 Å². The van der Waals surface area contributed by atoms with E-state index in [1.165, 1.54) is 0 Å². The fourth-order valence-electron chi connectivity index (χ4n) is 0.875. The van der Waals surface area contributed by atoms with E-state index in [-0.39, 0.29) is 6.42 Å². The number of carbonyl (C=O) groups is 2. The fraction of sp³-hybridized carbons (Fsp3) is 0.667. The average Bonchev–Trinajstić information content (AvgIpc) is 2.59. The lowest BCUT2D eigenvalue weighted by Gasteiger charge is -1.99. The molecule has 0 aromatic carbocycles. The van der Waals surface area contributed by atoms with Crippen molar-refractivity contribution in [3.8, 4) is 0 Å². The highest BCUT2D eigenvalue weighted by Gasteiger charge is 2.64. The Morgan fingerprint density at radius 2 is 2.27 bits per heavy atom. The van der Waals surface area contributed by atoms with Gasteiger partial charge < -0.3 is 15.6 Å². The van der Waals surface area contributed by atoms with Crippen molar-refractivity contribution in [1.82, 2.24) is 0 Å². The van der Waals surface area contributed by atoms with Crippen molar-refractivity contribution in [2.75, 3.05) is 6.54 Å². The molecule has 1 atom stereocenters. The van der Waals surface area contributed by atoms with Crippen molar-refractivity contribution >= 4 is 11.9 Å². The highest BCUT2D eigenvalue weighted by Crippen LogP contribution is 2.34. The number of rotatable bonds is 4. The standard InChI is InChI=1S/C6H9NO4/c7-3-1-2-6(4(8)9)5(10)11-6/h1-3,7H2,(H,8,9). The number of cyclic esters (lactones) is 1. The Balaban J connectivity index is 2.50. The maximum Gasteiger partial charge on any atom is 0.364 e. The van der Waals surface area contributed by atoms with Gasteiger partial charge in [-0.05, 0) is 13.0 Å². The first-order valence-electron chi connectivity index (χ1n) is 3.30. The summed E-state index contributed by atoms with van der Waals surface area (Å²) >= 11 is 0. The van der Waals surface area contributed by atoms with Crippen LogP contribution in [0.25, 0.3) is 0 Å². The molecule has 0 aromatic heterocycles. The van der Waals surface area contributed by atoms with E-state index < -0.39 is 17.5 Å². The molecule has 0 aliphatic carbocycles. The number of ether oxygens (including phenoxy) is 1. The molecule has 5 heteroatoms. The van der Waals surface area contributed by atoms with Crippen molar-refractivity contribution in [2.24, 2.45) is 5.73 Å². The number of carboxylic acid groups (broad SMARTS) is 1. The van der Waals surface area contributed by atoms with Crippen LogP contribution in [-0.2, 0) is 14.3 Å². The van der Waals surface area contributed by atoms with Gasteiger partial charge in [0, 0.05) is 6.42 Å². The van der Waals surface area contributed by atoms with E-state index >= 15 is 0 Å². The normalized spacial score (nSPS) is 27.9. The van der Waals surface area contributed by atoms with Crippen molar-refractivity contribution in [3.05, 3.63) is 0 Å². The van der Waals surface area contributed by atoms with Crippen LogP contribution in [0.3, 0.4) is 0 Å². The van der Waals surface area contributed by atoms with Gasteiger partial charge in [0.15, 0.2) is 0 Å². The first kappa shape index (κ1) is 8.00. The number of carbonyl (C=O) groups excluding carboxylic acids is 1. The van der Waals surface area contributed by atoms with Crippen LogP contribution in [-0.4, -0.2) is 29.2 Å². The Labute approximate surface area is 63.1 Å². The molecule has 0 aromatic rings. The zero-order chi connectivity index (χ0) is 8.48. The third kappa shape index (κ3) is 1.19. The lowest BCUT2D eigenvalue weighted by Crippen LogP contribution is -2.26. The number of nitrogens with two attached hydrogens (primary N) is 1. The molecule has 0 spiro atoms. The molecular weight excluding hydrogens is 150 g/mol. The summed E-state index contributed by atoms with van der Waals surface area (Å²) in [5, 5.41) is 8.51. The van der Waals surface area contributed by atoms with E-state index in [1.807, 2.05) is 0 Å². The highest BCUT2D eigenvalue weighted by molar-refractivity contribution is 6.13. The predicted octanol–water partition coefficient (Wildman–Crippen LogP) is -0.894. The van der Waals surface area contributed by atoms with E-state index in [0.29, 0.717) is 13.0 Å². The van der Waals surface area contributed by atoms with E-state index in [9.17, 15) is 9.59 Å². The van der Waals surface area contributed by atoms with Gasteiger partial charge in [0.05, 0.1) is 0 Å². The largest absolute Gasteiger partial charge is 0.478 e. The monoisotopic (exact) mass is 159 g/mol. The van der Waals surface area contributed by atoms with Gasteiger partial charge in [-0.15, -0.1) is 0 Å². The fourth-order valence-corrected chi connectivity index (χ4v) is 0.875. The zero-order valence-corrected chi connectivity index (χ0v) is 5.87. The Bertz CT molecular complexity index is 203. The SMILES string of the molecule is NCCCC1(C(=O)O)OC1=O. The van der Waals surface area contributed by atoms with E-state index in [0.717, 1.165) is 0 Å². The Hall–Kier alpha value is -1.10. The molecule has 1 saturated heterocycles. The molecule has 1 rings (SSSR count). The minimum Gasteiger partial charge on any atom is -0.478 e. The molecule has 11 heavy (non-hydrogen) atoms. The quantitative estimate of drug-likeness (QED) is 0.410. The second-order valence-electron chi connectivity index (χ2n) is 2.41. The van der Waals surface area contributed by atoms with Crippen LogP contribution in [0.4, 0.5) is 0 Å². The molecule has 1 aliphatic heterocycles. The summed E-state index contributed by atoms with van der Waals surface area (Å²) in [4.78, 5) is 20.9. The lowest BCUT2D eigenvalue weighted by molar-refractivity contribution is -0.143. The summed E-state index contributed by atoms with van der Waals surface area (Å²) in [7, 11) is 0. The Morgan fingerprint density at radius 1 is 1.73 bits per heavy atom. The van der Waals surface area contributed by atoms with Gasteiger partial charge in [-0.3, -0.25) is 0 Å². The number of carboxylic acids is 1. The van der Waals surface area contributed by atoms with E-state index in [2.05, 4.69) is 4.74 Å². The van der Waals surface area contributed by atoms with Gasteiger partial charge in [0.25, 0.3) is 0 Å². The third-order valence-electron chi connectivity index (χ3n) is 1.63. The molecule has 62 valence electrons. The summed E-state index contributed by atoms with van der Waals surface area (Å²) in [6.45, 7) is 0.367. The molecule has 0 bridgehead atoms. The van der Waals surface area contributed by atoms with Crippen LogP contribution in [0, 0.1) is 0 Å². The summed E-state index contributed by atoms with van der Waals surface area (Å²) in [6.07, 6.45) is 0.662. The van der Waals surface area contributed by atoms with Crippen molar-refractivity contribution in [1.29, 1.82) is 0 Å². The van der Waals surface area contributed by atoms with Gasteiger partial charge >= 0.3 is 17.5 Å². The molecular formula is C6H9NO4. The average molecular weight is 159 g/mol. The summed E-state index contributed by atoms with van der Waals surface area (Å²) in [5.74, 6) is -1.87. The molecule has 0 radical (unpaired) electrons. The number of aliphatic carboxylic acids is 1. The topological polar surface area (TPSA) is 92.9 Å². The van der Waals surface area contributed by atoms with Gasteiger partial charge in [-0.25, -0.2) is 9.59 Å². The van der Waals surface area contributed by atoms with Crippen molar-refractivity contribution in [3.63, 3.8) is 0 Å². The second-order valence-corrected chi connectivity index (χ2v) is 2.41. The van der Waals surface area contributed by atoms with Crippen LogP contribution in [0.1, 0.15) is 12.8 Å². The Morgan fingerprint density at radius 3 is 2.55 bits per heavy atom. The van der Waals surface area contributed by atoms with Crippen molar-refractivity contribution in [2.45, 2.75) is 18.4 Å². The molecule has 5 nitrogen and oxygen atoms in total. The number of hydrogen-bond acceptors (Lipinski definition) is 4. The third-order valence-corrected chi connectivity index (χ3v) is 1.63. The molecule has 1 fully saturated rings. The molecule has 1 aliphatic rings. The summed E-state index contributed by atoms with van der Waals surface area (Å²) in [6, 6.07) is 0. The summed E-state index contributed by atoms with van der Waals surface area (Å²) in [5.41, 5.74) is 3.61. The lowest BCUT2D eigenvalue weighted by atomic mass is 10.0. The maximum absolute atomic E-state index is 10.5. The zero-order valence-electron chi connectivity index (χ0n) is 5.87. The first-order chi connectivity index (χ1) is 5.13. The van der Waals surface area contributed by atoms with E-state index in [1.54, 1.807) is 0 Å². The molecule has 1 unspecified atom stereocenters. The molecule has 0 saturated carbocycles.